The summed E-state index contributed by atoms with van der Waals surface area (Å²) in [5, 5.41) is 6.19. The van der Waals surface area contributed by atoms with Crippen molar-refractivity contribution in [3.63, 3.8) is 0 Å². The Hall–Kier alpha value is -1.75. The fourth-order valence-electron chi connectivity index (χ4n) is 2.30. The highest BCUT2D eigenvalue weighted by Gasteiger charge is 2.27. The molecule has 1 fully saturated rings. The zero-order valence-electron chi connectivity index (χ0n) is 14.5. The highest BCUT2D eigenvalue weighted by Crippen LogP contribution is 2.32. The molecule has 5 heteroatoms. The molecule has 1 aliphatic rings. The Balaban J connectivity index is 1.74. The van der Waals surface area contributed by atoms with Gasteiger partial charge in [-0.2, -0.15) is 0 Å². The van der Waals surface area contributed by atoms with Gasteiger partial charge in [0.05, 0.1) is 0 Å². The molecule has 1 aromatic rings. The van der Waals surface area contributed by atoms with E-state index in [9.17, 15) is 4.79 Å². The molecule has 5 nitrogen and oxygen atoms in total. The summed E-state index contributed by atoms with van der Waals surface area (Å²) in [6.07, 6.45) is 2.22. The molecule has 2 N–H and O–H groups in total. The Kier molecular flexibility index (Phi) is 5.88. The van der Waals surface area contributed by atoms with Crippen molar-refractivity contribution in [1.29, 1.82) is 0 Å². The second kappa shape index (κ2) is 7.68. The first kappa shape index (κ1) is 17.6. The molecular formula is C18H28N2O3. The first-order valence-corrected chi connectivity index (χ1v) is 8.30. The van der Waals surface area contributed by atoms with E-state index in [1.54, 1.807) is 6.07 Å². The number of ether oxygens (including phenoxy) is 2. The van der Waals surface area contributed by atoms with Crippen LogP contribution < -0.4 is 15.4 Å². The van der Waals surface area contributed by atoms with Crippen LogP contribution in [0, 0.1) is 5.92 Å². The lowest BCUT2D eigenvalue weighted by atomic mass is 10.2. The van der Waals surface area contributed by atoms with Gasteiger partial charge in [-0.25, -0.2) is 4.79 Å². The Morgan fingerprint density at radius 1 is 1.35 bits per heavy atom. The molecule has 0 aliphatic heterocycles. The van der Waals surface area contributed by atoms with Gasteiger partial charge in [0.1, 0.15) is 18.0 Å². The molecule has 1 atom stereocenters. The summed E-state index contributed by atoms with van der Waals surface area (Å²) < 4.78 is 11.0. The third-order valence-electron chi connectivity index (χ3n) is 3.65. The molecule has 0 saturated heterocycles. The third-order valence-corrected chi connectivity index (χ3v) is 3.65. The van der Waals surface area contributed by atoms with E-state index in [1.807, 2.05) is 39.0 Å². The largest absolute Gasteiger partial charge is 0.492 e. The van der Waals surface area contributed by atoms with E-state index >= 15 is 0 Å². The van der Waals surface area contributed by atoms with Gasteiger partial charge in [-0.3, -0.25) is 5.32 Å². The maximum atomic E-state index is 11.8. The minimum Gasteiger partial charge on any atom is -0.492 e. The zero-order valence-corrected chi connectivity index (χ0v) is 14.5. The highest BCUT2D eigenvalue weighted by atomic mass is 16.6. The van der Waals surface area contributed by atoms with Crippen molar-refractivity contribution in [3.8, 4) is 5.75 Å². The van der Waals surface area contributed by atoms with Gasteiger partial charge in [-0.15, -0.1) is 0 Å². The molecule has 2 rings (SSSR count). The van der Waals surface area contributed by atoms with Gasteiger partial charge in [0.15, 0.2) is 0 Å². The molecule has 1 saturated carbocycles. The molecule has 0 bridgehead atoms. The minimum absolute atomic E-state index is 0.463. The topological polar surface area (TPSA) is 59.6 Å². The number of carbonyl (C=O) groups excluding carboxylic acids is 1. The van der Waals surface area contributed by atoms with E-state index < -0.39 is 11.7 Å². The molecule has 0 aromatic heterocycles. The molecule has 1 aliphatic carbocycles. The van der Waals surface area contributed by atoms with Crippen LogP contribution in [0.1, 0.15) is 40.5 Å². The van der Waals surface area contributed by atoms with Crippen molar-refractivity contribution in [2.24, 2.45) is 5.92 Å². The highest BCUT2D eigenvalue weighted by molar-refractivity contribution is 5.85. The molecule has 1 amide bonds. The van der Waals surface area contributed by atoms with Gasteiger partial charge < -0.3 is 14.8 Å². The number of hydrogen-bond donors (Lipinski definition) is 2. The summed E-state index contributed by atoms with van der Waals surface area (Å²) >= 11 is 0. The maximum absolute atomic E-state index is 11.8. The first-order chi connectivity index (χ1) is 10.8. The maximum Gasteiger partial charge on any atom is 0.412 e. The van der Waals surface area contributed by atoms with Crippen molar-refractivity contribution < 1.29 is 14.3 Å². The Bertz CT molecular complexity index is 521. The fourth-order valence-corrected chi connectivity index (χ4v) is 2.30. The Morgan fingerprint density at radius 2 is 2.09 bits per heavy atom. The van der Waals surface area contributed by atoms with E-state index in [0.29, 0.717) is 18.3 Å². The SMILES string of the molecule is CC(NCCOc1cccc(NC(=O)OC(C)(C)C)c1)C1CC1. The number of anilines is 1. The van der Waals surface area contributed by atoms with Crippen molar-refractivity contribution in [2.75, 3.05) is 18.5 Å². The van der Waals surface area contributed by atoms with Crippen molar-refractivity contribution in [1.82, 2.24) is 5.32 Å². The summed E-state index contributed by atoms with van der Waals surface area (Å²) in [6, 6.07) is 7.91. The third kappa shape index (κ3) is 6.91. The second-order valence-corrected chi connectivity index (χ2v) is 7.08. The van der Waals surface area contributed by atoms with E-state index in [2.05, 4.69) is 17.6 Å². The predicted octanol–water partition coefficient (Wildman–Crippen LogP) is 3.80. The van der Waals surface area contributed by atoms with Gasteiger partial charge in [-0.1, -0.05) is 6.07 Å². The summed E-state index contributed by atoms with van der Waals surface area (Å²) in [5.74, 6) is 1.58. The lowest BCUT2D eigenvalue weighted by molar-refractivity contribution is 0.0636. The molecule has 23 heavy (non-hydrogen) atoms. The second-order valence-electron chi connectivity index (χ2n) is 7.08. The van der Waals surface area contributed by atoms with Crippen LogP contribution in [0.2, 0.25) is 0 Å². The van der Waals surface area contributed by atoms with Crippen LogP contribution >= 0.6 is 0 Å². The summed E-state index contributed by atoms with van der Waals surface area (Å²) in [5.41, 5.74) is 0.151. The van der Waals surface area contributed by atoms with E-state index in [1.165, 1.54) is 12.8 Å². The van der Waals surface area contributed by atoms with Gasteiger partial charge >= 0.3 is 6.09 Å². The van der Waals surface area contributed by atoms with E-state index in [0.717, 1.165) is 18.2 Å². The summed E-state index contributed by atoms with van der Waals surface area (Å²) in [4.78, 5) is 11.8. The normalized spacial score (nSPS) is 15.8. The van der Waals surface area contributed by atoms with E-state index in [4.69, 9.17) is 9.47 Å². The lowest BCUT2D eigenvalue weighted by Gasteiger charge is -2.19. The van der Waals surface area contributed by atoms with Crippen LogP contribution in [0.15, 0.2) is 24.3 Å². The standard InChI is InChI=1S/C18H28N2O3/c1-13(14-8-9-14)19-10-11-22-16-7-5-6-15(12-16)20-17(21)23-18(2,3)4/h5-7,12-14,19H,8-11H2,1-4H3,(H,20,21). The zero-order chi connectivity index (χ0) is 16.9. The molecule has 1 unspecified atom stereocenters. The van der Waals surface area contributed by atoms with Crippen LogP contribution in [-0.4, -0.2) is 30.9 Å². The van der Waals surface area contributed by atoms with E-state index in [-0.39, 0.29) is 0 Å². The number of carbonyl (C=O) groups is 1. The molecule has 1 aromatic carbocycles. The van der Waals surface area contributed by atoms with Gasteiger partial charge in [0.2, 0.25) is 0 Å². The van der Waals surface area contributed by atoms with Gasteiger partial charge in [0.25, 0.3) is 0 Å². The monoisotopic (exact) mass is 320 g/mol. The molecule has 0 radical (unpaired) electrons. The molecule has 128 valence electrons. The number of nitrogens with one attached hydrogen (secondary N) is 2. The first-order valence-electron chi connectivity index (χ1n) is 8.30. The lowest BCUT2D eigenvalue weighted by Crippen LogP contribution is -2.31. The molecule has 0 heterocycles. The van der Waals surface area contributed by atoms with Crippen LogP contribution in [-0.2, 0) is 4.74 Å². The summed E-state index contributed by atoms with van der Waals surface area (Å²) in [6.45, 7) is 9.16. The van der Waals surface area contributed by atoms with Crippen molar-refractivity contribution >= 4 is 11.8 Å². The fraction of sp³-hybridized carbons (Fsp3) is 0.611. The van der Waals surface area contributed by atoms with Crippen LogP contribution in [0.25, 0.3) is 0 Å². The van der Waals surface area contributed by atoms with Crippen LogP contribution in [0.5, 0.6) is 5.75 Å². The summed E-state index contributed by atoms with van der Waals surface area (Å²) in [7, 11) is 0. The molecule has 0 spiro atoms. The average Bonchev–Trinajstić information content (AvgIpc) is 3.26. The number of amides is 1. The van der Waals surface area contributed by atoms with Crippen LogP contribution in [0.4, 0.5) is 10.5 Å². The number of rotatable bonds is 7. The van der Waals surface area contributed by atoms with Crippen molar-refractivity contribution in [2.45, 2.75) is 52.2 Å². The Morgan fingerprint density at radius 3 is 2.74 bits per heavy atom. The van der Waals surface area contributed by atoms with Gasteiger partial charge in [-0.05, 0) is 58.6 Å². The Labute approximate surface area is 138 Å². The molecular weight excluding hydrogens is 292 g/mol. The van der Waals surface area contributed by atoms with Crippen molar-refractivity contribution in [3.05, 3.63) is 24.3 Å². The smallest absolute Gasteiger partial charge is 0.412 e. The predicted molar refractivity (Wildman–Crippen MR) is 92.0 cm³/mol. The number of hydrogen-bond acceptors (Lipinski definition) is 4. The number of benzene rings is 1. The average molecular weight is 320 g/mol. The van der Waals surface area contributed by atoms with Gasteiger partial charge in [0, 0.05) is 24.3 Å². The minimum atomic E-state index is -0.512. The van der Waals surface area contributed by atoms with Crippen LogP contribution in [0.3, 0.4) is 0 Å². The quantitative estimate of drug-likeness (QED) is 0.750.